The van der Waals surface area contributed by atoms with Gasteiger partial charge in [0.2, 0.25) is 0 Å². The second-order valence-electron chi connectivity index (χ2n) is 7.69. The molecule has 5 nitrogen and oxygen atoms in total. The molecule has 0 aromatic heterocycles. The minimum absolute atomic E-state index is 0. The van der Waals surface area contributed by atoms with Crippen molar-refractivity contribution in [1.29, 1.82) is 0 Å². The quantitative estimate of drug-likeness (QED) is 0.319. The molecule has 2 aliphatic rings. The summed E-state index contributed by atoms with van der Waals surface area (Å²) in [7, 11) is 1.88. The molecule has 1 unspecified atom stereocenters. The van der Waals surface area contributed by atoms with Gasteiger partial charge in [-0.1, -0.05) is 20.3 Å². The van der Waals surface area contributed by atoms with Gasteiger partial charge in [0.25, 0.3) is 0 Å². The van der Waals surface area contributed by atoms with Crippen LogP contribution in [0.25, 0.3) is 0 Å². The van der Waals surface area contributed by atoms with E-state index >= 15 is 0 Å². The number of guanidine groups is 1. The first-order valence-electron chi connectivity index (χ1n) is 10.7. The van der Waals surface area contributed by atoms with Crippen LogP contribution in [-0.4, -0.2) is 74.7 Å². The summed E-state index contributed by atoms with van der Waals surface area (Å²) in [4.78, 5) is 9.61. The van der Waals surface area contributed by atoms with Gasteiger partial charge < -0.3 is 15.5 Å². The second-order valence-corrected chi connectivity index (χ2v) is 7.69. The van der Waals surface area contributed by atoms with Crippen LogP contribution in [0.3, 0.4) is 0 Å². The Labute approximate surface area is 178 Å². The maximum absolute atomic E-state index is 4.39. The first kappa shape index (κ1) is 24.0. The lowest BCUT2D eigenvalue weighted by atomic mass is 9.93. The fraction of sp³-hybridized carbons (Fsp3) is 0.950. The van der Waals surface area contributed by atoms with Gasteiger partial charge in [0.15, 0.2) is 5.96 Å². The molecular formula is C20H42IN5. The third-order valence-corrected chi connectivity index (χ3v) is 6.13. The lowest BCUT2D eigenvalue weighted by molar-refractivity contribution is 0.147. The lowest BCUT2D eigenvalue weighted by Crippen LogP contribution is -2.46. The summed E-state index contributed by atoms with van der Waals surface area (Å²) < 4.78 is 0. The van der Waals surface area contributed by atoms with Gasteiger partial charge in [0, 0.05) is 32.7 Å². The summed E-state index contributed by atoms with van der Waals surface area (Å²) in [5.74, 6) is 1.85. The van der Waals surface area contributed by atoms with Crippen LogP contribution in [0, 0.1) is 5.92 Å². The van der Waals surface area contributed by atoms with E-state index in [0.29, 0.717) is 0 Å². The van der Waals surface area contributed by atoms with Gasteiger partial charge in [0.05, 0.1) is 0 Å². The molecule has 2 aliphatic heterocycles. The second kappa shape index (κ2) is 14.0. The third kappa shape index (κ3) is 8.30. The van der Waals surface area contributed by atoms with Crippen LogP contribution in [0.4, 0.5) is 0 Å². The predicted molar refractivity (Wildman–Crippen MR) is 124 cm³/mol. The molecule has 2 N–H and O–H groups in total. The molecule has 0 bridgehead atoms. The van der Waals surface area contributed by atoms with Crippen LogP contribution in [0.1, 0.15) is 58.8 Å². The molecule has 2 saturated heterocycles. The van der Waals surface area contributed by atoms with Crippen molar-refractivity contribution in [3.05, 3.63) is 0 Å². The third-order valence-electron chi connectivity index (χ3n) is 6.13. The van der Waals surface area contributed by atoms with E-state index in [0.717, 1.165) is 37.6 Å². The number of hydrogen-bond donors (Lipinski definition) is 2. The van der Waals surface area contributed by atoms with Gasteiger partial charge in [-0.05, 0) is 70.6 Å². The van der Waals surface area contributed by atoms with E-state index in [1.54, 1.807) is 0 Å². The molecule has 1 atom stereocenters. The largest absolute Gasteiger partial charge is 0.356 e. The van der Waals surface area contributed by atoms with Gasteiger partial charge in [-0.25, -0.2) is 0 Å². The van der Waals surface area contributed by atoms with Crippen molar-refractivity contribution >= 4 is 29.9 Å². The van der Waals surface area contributed by atoms with Gasteiger partial charge >= 0.3 is 0 Å². The monoisotopic (exact) mass is 479 g/mol. The van der Waals surface area contributed by atoms with Gasteiger partial charge in [0.1, 0.15) is 0 Å². The summed E-state index contributed by atoms with van der Waals surface area (Å²) in [6.07, 6.45) is 9.40. The maximum Gasteiger partial charge on any atom is 0.191 e. The van der Waals surface area contributed by atoms with Crippen LogP contribution in [0.15, 0.2) is 4.99 Å². The summed E-state index contributed by atoms with van der Waals surface area (Å²) >= 11 is 0. The van der Waals surface area contributed by atoms with Crippen LogP contribution in [0.2, 0.25) is 0 Å². The molecule has 154 valence electrons. The number of nitrogens with zero attached hydrogens (tertiary/aromatic N) is 3. The van der Waals surface area contributed by atoms with Crippen molar-refractivity contribution in [2.75, 3.05) is 52.9 Å². The molecular weight excluding hydrogens is 437 g/mol. The average Bonchev–Trinajstić information content (AvgIpc) is 2.67. The summed E-state index contributed by atoms with van der Waals surface area (Å²) in [6, 6.07) is 0.791. The van der Waals surface area contributed by atoms with Crippen LogP contribution in [0.5, 0.6) is 0 Å². The van der Waals surface area contributed by atoms with Gasteiger partial charge in [-0.15, -0.1) is 24.0 Å². The van der Waals surface area contributed by atoms with E-state index in [-0.39, 0.29) is 24.0 Å². The smallest absolute Gasteiger partial charge is 0.191 e. The Morgan fingerprint density at radius 2 is 1.73 bits per heavy atom. The highest BCUT2D eigenvalue weighted by Gasteiger charge is 2.20. The number of rotatable bonds is 8. The highest BCUT2D eigenvalue weighted by molar-refractivity contribution is 14.0. The predicted octanol–water partition coefficient (Wildman–Crippen LogP) is 3.16. The van der Waals surface area contributed by atoms with Crippen molar-refractivity contribution in [3.63, 3.8) is 0 Å². The fourth-order valence-corrected chi connectivity index (χ4v) is 4.34. The zero-order chi connectivity index (χ0) is 17.9. The Hall–Kier alpha value is -0.0800. The normalized spacial score (nSPS) is 23.5. The molecule has 0 aromatic rings. The maximum atomic E-state index is 4.39. The van der Waals surface area contributed by atoms with E-state index in [1.807, 2.05) is 7.05 Å². The standard InChI is InChI=1S/C20H41N5.HI/c1-4-19-8-6-7-14-25(19)17-13-23-20(21-3)22-12-9-18-10-15-24(5-2)16-11-18;/h18-19H,4-17H2,1-3H3,(H2,21,22,23);1H. The molecule has 0 amide bonds. The van der Waals surface area contributed by atoms with Gasteiger partial charge in [-0.2, -0.15) is 0 Å². The lowest BCUT2D eigenvalue weighted by Gasteiger charge is -2.35. The Balaban J connectivity index is 0.00000338. The van der Waals surface area contributed by atoms with E-state index in [9.17, 15) is 0 Å². The Kier molecular flexibility index (Phi) is 12.9. The Bertz CT molecular complexity index is 382. The first-order chi connectivity index (χ1) is 12.3. The summed E-state index contributed by atoms with van der Waals surface area (Å²) in [5.41, 5.74) is 0. The van der Waals surface area contributed by atoms with E-state index < -0.39 is 0 Å². The number of hydrogen-bond acceptors (Lipinski definition) is 3. The van der Waals surface area contributed by atoms with Crippen molar-refractivity contribution in [3.8, 4) is 0 Å². The number of nitrogens with one attached hydrogen (secondary N) is 2. The van der Waals surface area contributed by atoms with Gasteiger partial charge in [-0.3, -0.25) is 9.89 Å². The molecule has 6 heteroatoms. The minimum atomic E-state index is 0. The van der Waals surface area contributed by atoms with Crippen molar-refractivity contribution in [2.45, 2.75) is 64.8 Å². The highest BCUT2D eigenvalue weighted by Crippen LogP contribution is 2.20. The van der Waals surface area contributed by atoms with E-state index in [4.69, 9.17) is 0 Å². The molecule has 0 saturated carbocycles. The zero-order valence-corrected chi connectivity index (χ0v) is 19.6. The molecule has 0 radical (unpaired) electrons. The minimum Gasteiger partial charge on any atom is -0.356 e. The fourth-order valence-electron chi connectivity index (χ4n) is 4.34. The van der Waals surface area contributed by atoms with E-state index in [2.05, 4.69) is 39.3 Å². The van der Waals surface area contributed by atoms with Crippen molar-refractivity contribution in [1.82, 2.24) is 20.4 Å². The Morgan fingerprint density at radius 3 is 2.38 bits per heavy atom. The molecule has 0 aliphatic carbocycles. The number of piperidine rings is 2. The van der Waals surface area contributed by atoms with Crippen molar-refractivity contribution in [2.24, 2.45) is 10.9 Å². The Morgan fingerprint density at radius 1 is 1.00 bits per heavy atom. The first-order valence-corrected chi connectivity index (χ1v) is 10.7. The number of halogens is 1. The molecule has 0 spiro atoms. The van der Waals surface area contributed by atoms with Crippen LogP contribution in [-0.2, 0) is 0 Å². The number of likely N-dealkylation sites (tertiary alicyclic amines) is 2. The van der Waals surface area contributed by atoms with E-state index in [1.165, 1.54) is 71.1 Å². The topological polar surface area (TPSA) is 42.9 Å². The summed E-state index contributed by atoms with van der Waals surface area (Å²) in [6.45, 7) is 12.8. The van der Waals surface area contributed by atoms with Crippen molar-refractivity contribution < 1.29 is 0 Å². The molecule has 2 rings (SSSR count). The van der Waals surface area contributed by atoms with Crippen LogP contribution >= 0.6 is 24.0 Å². The molecule has 2 heterocycles. The van der Waals surface area contributed by atoms with Crippen LogP contribution < -0.4 is 10.6 Å². The zero-order valence-electron chi connectivity index (χ0n) is 17.3. The summed E-state index contributed by atoms with van der Waals surface area (Å²) in [5, 5.41) is 7.02. The molecule has 0 aromatic carbocycles. The molecule has 2 fully saturated rings. The highest BCUT2D eigenvalue weighted by atomic mass is 127. The average molecular weight is 479 g/mol. The number of aliphatic imine (C=N–C) groups is 1. The molecule has 26 heavy (non-hydrogen) atoms. The SMILES string of the molecule is CCC1CCCCN1CCNC(=NC)NCCC1CCN(CC)CC1.I.